The molecule has 0 aliphatic carbocycles. The Balaban J connectivity index is 1.77. The maximum atomic E-state index is 4.34. The van der Waals surface area contributed by atoms with E-state index in [1.54, 1.807) is 0 Å². The number of anilines is 1. The van der Waals surface area contributed by atoms with Crippen molar-refractivity contribution >= 4 is 5.82 Å². The molecule has 1 aliphatic rings. The van der Waals surface area contributed by atoms with Crippen LogP contribution in [0, 0.1) is 0 Å². The van der Waals surface area contributed by atoms with Crippen molar-refractivity contribution < 1.29 is 0 Å². The van der Waals surface area contributed by atoms with Crippen molar-refractivity contribution in [3.63, 3.8) is 0 Å². The smallest absolute Gasteiger partial charge is 0.128 e. The minimum atomic E-state index is 1.04. The predicted octanol–water partition coefficient (Wildman–Crippen LogP) is 0.423. The van der Waals surface area contributed by atoms with Gasteiger partial charge in [0.2, 0.25) is 0 Å². The highest BCUT2D eigenvalue weighted by Gasteiger charge is 2.10. The summed E-state index contributed by atoms with van der Waals surface area (Å²) in [6.45, 7) is 6.72. The molecule has 0 radical (unpaired) electrons. The second-order valence-electron chi connectivity index (χ2n) is 4.20. The van der Waals surface area contributed by atoms with Gasteiger partial charge in [-0.3, -0.25) is 4.90 Å². The summed E-state index contributed by atoms with van der Waals surface area (Å²) in [6, 6.07) is 6.04. The van der Waals surface area contributed by atoms with Crippen molar-refractivity contribution in [3.8, 4) is 0 Å². The summed E-state index contributed by atoms with van der Waals surface area (Å²) in [7, 11) is 2.10. The highest BCUT2D eigenvalue weighted by molar-refractivity contribution is 5.36. The van der Waals surface area contributed by atoms with E-state index >= 15 is 0 Å². The average molecular weight is 220 g/mol. The quantitative estimate of drug-likeness (QED) is 0.797. The summed E-state index contributed by atoms with van der Waals surface area (Å²) in [4.78, 5) is 9.04. The lowest BCUT2D eigenvalue weighted by molar-refractivity contribution is 0.246. The van der Waals surface area contributed by atoms with Crippen LogP contribution in [0.4, 0.5) is 5.82 Å². The van der Waals surface area contributed by atoms with E-state index in [1.807, 2.05) is 18.3 Å². The highest BCUT2D eigenvalue weighted by atomic mass is 15.2. The van der Waals surface area contributed by atoms with E-state index in [0.29, 0.717) is 0 Å². The van der Waals surface area contributed by atoms with Crippen molar-refractivity contribution in [1.29, 1.82) is 0 Å². The molecule has 0 unspecified atom stereocenters. The zero-order valence-electron chi connectivity index (χ0n) is 9.89. The van der Waals surface area contributed by atoms with E-state index < -0.39 is 0 Å². The SMILES string of the molecule is CN(CCN1CCNCC1)c1ccccn1. The molecule has 0 amide bonds. The van der Waals surface area contributed by atoms with E-state index in [1.165, 1.54) is 0 Å². The molecular formula is C12H20N4. The van der Waals surface area contributed by atoms with Crippen molar-refractivity contribution in [1.82, 2.24) is 15.2 Å². The van der Waals surface area contributed by atoms with Crippen LogP contribution in [0.15, 0.2) is 24.4 Å². The lowest BCUT2D eigenvalue weighted by atomic mass is 10.3. The minimum absolute atomic E-state index is 1.04. The first kappa shape index (κ1) is 11.4. The fourth-order valence-corrected chi connectivity index (χ4v) is 1.92. The maximum absolute atomic E-state index is 4.34. The lowest BCUT2D eigenvalue weighted by Gasteiger charge is -2.29. The number of nitrogens with zero attached hydrogens (tertiary/aromatic N) is 3. The van der Waals surface area contributed by atoms with Crippen LogP contribution in [0.25, 0.3) is 0 Å². The third kappa shape index (κ3) is 3.18. The molecule has 2 heterocycles. The van der Waals surface area contributed by atoms with Gasteiger partial charge in [-0.2, -0.15) is 0 Å². The van der Waals surface area contributed by atoms with Crippen molar-refractivity contribution in [3.05, 3.63) is 24.4 Å². The summed E-state index contributed by atoms with van der Waals surface area (Å²) >= 11 is 0. The lowest BCUT2D eigenvalue weighted by Crippen LogP contribution is -2.46. The van der Waals surface area contributed by atoms with Crippen LogP contribution in [-0.2, 0) is 0 Å². The van der Waals surface area contributed by atoms with Gasteiger partial charge in [0.05, 0.1) is 0 Å². The van der Waals surface area contributed by atoms with Crippen LogP contribution in [0.2, 0.25) is 0 Å². The fraction of sp³-hybridized carbons (Fsp3) is 0.583. The molecule has 88 valence electrons. The molecule has 1 fully saturated rings. The highest BCUT2D eigenvalue weighted by Crippen LogP contribution is 2.06. The minimum Gasteiger partial charge on any atom is -0.358 e. The molecule has 0 spiro atoms. The topological polar surface area (TPSA) is 31.4 Å². The molecule has 2 rings (SSSR count). The van der Waals surface area contributed by atoms with Gasteiger partial charge >= 0.3 is 0 Å². The Bertz CT molecular complexity index is 295. The third-order valence-corrected chi connectivity index (χ3v) is 3.00. The summed E-state index contributed by atoms with van der Waals surface area (Å²) in [6.07, 6.45) is 1.84. The first-order valence-corrected chi connectivity index (χ1v) is 5.91. The predicted molar refractivity (Wildman–Crippen MR) is 66.8 cm³/mol. The number of hydrogen-bond acceptors (Lipinski definition) is 4. The Morgan fingerprint density at radius 2 is 2.19 bits per heavy atom. The number of pyridine rings is 1. The van der Waals surface area contributed by atoms with Crippen LogP contribution < -0.4 is 10.2 Å². The number of likely N-dealkylation sites (N-methyl/N-ethyl adjacent to an activating group) is 1. The molecule has 1 aliphatic heterocycles. The molecule has 4 nitrogen and oxygen atoms in total. The normalized spacial score (nSPS) is 17.3. The number of hydrogen-bond donors (Lipinski definition) is 1. The van der Waals surface area contributed by atoms with E-state index in [2.05, 4.69) is 33.2 Å². The average Bonchev–Trinajstić information content (AvgIpc) is 2.38. The third-order valence-electron chi connectivity index (χ3n) is 3.00. The van der Waals surface area contributed by atoms with E-state index in [9.17, 15) is 0 Å². The van der Waals surface area contributed by atoms with E-state index in [-0.39, 0.29) is 0 Å². The molecule has 1 aromatic heterocycles. The monoisotopic (exact) mass is 220 g/mol. The largest absolute Gasteiger partial charge is 0.358 e. The van der Waals surface area contributed by atoms with Crippen molar-refractivity contribution in [2.45, 2.75) is 0 Å². The molecule has 1 saturated heterocycles. The standard InChI is InChI=1S/C12H20N4/c1-15(12-4-2-3-5-14-12)10-11-16-8-6-13-7-9-16/h2-5,13H,6-11H2,1H3. The Hall–Kier alpha value is -1.13. The van der Waals surface area contributed by atoms with Gasteiger partial charge in [-0.25, -0.2) is 4.98 Å². The van der Waals surface area contributed by atoms with Gasteiger partial charge in [-0.15, -0.1) is 0 Å². The van der Waals surface area contributed by atoms with E-state index in [4.69, 9.17) is 0 Å². The molecule has 16 heavy (non-hydrogen) atoms. The van der Waals surface area contributed by atoms with Crippen LogP contribution in [0.3, 0.4) is 0 Å². The summed E-state index contributed by atoms with van der Waals surface area (Å²) in [5, 5.41) is 3.37. The molecule has 1 N–H and O–H groups in total. The van der Waals surface area contributed by atoms with Crippen LogP contribution >= 0.6 is 0 Å². The molecular weight excluding hydrogens is 200 g/mol. The Morgan fingerprint density at radius 1 is 1.38 bits per heavy atom. The van der Waals surface area contributed by atoms with Crippen LogP contribution in [-0.4, -0.2) is 56.2 Å². The summed E-state index contributed by atoms with van der Waals surface area (Å²) in [5.74, 6) is 1.05. The zero-order valence-corrected chi connectivity index (χ0v) is 9.89. The molecule has 4 heteroatoms. The maximum Gasteiger partial charge on any atom is 0.128 e. The fourth-order valence-electron chi connectivity index (χ4n) is 1.92. The molecule has 0 saturated carbocycles. The second kappa shape index (κ2) is 5.82. The Kier molecular flexibility index (Phi) is 4.13. The number of aromatic nitrogens is 1. The van der Waals surface area contributed by atoms with Gasteiger partial charge in [0.25, 0.3) is 0 Å². The van der Waals surface area contributed by atoms with Crippen LogP contribution in [0.1, 0.15) is 0 Å². The van der Waals surface area contributed by atoms with Gasteiger partial charge in [-0.05, 0) is 12.1 Å². The van der Waals surface area contributed by atoms with Gasteiger partial charge < -0.3 is 10.2 Å². The van der Waals surface area contributed by atoms with Gasteiger partial charge in [0, 0.05) is 52.5 Å². The van der Waals surface area contributed by atoms with E-state index in [0.717, 1.165) is 45.1 Å². The Morgan fingerprint density at radius 3 is 2.88 bits per heavy atom. The van der Waals surface area contributed by atoms with Gasteiger partial charge in [-0.1, -0.05) is 6.07 Å². The zero-order chi connectivity index (χ0) is 11.2. The van der Waals surface area contributed by atoms with Crippen molar-refractivity contribution in [2.24, 2.45) is 0 Å². The second-order valence-corrected chi connectivity index (χ2v) is 4.20. The number of rotatable bonds is 4. The first-order valence-electron chi connectivity index (χ1n) is 5.91. The Labute approximate surface area is 97.3 Å². The first-order chi connectivity index (χ1) is 7.86. The summed E-state index contributed by atoms with van der Waals surface area (Å²) < 4.78 is 0. The number of piperazine rings is 1. The molecule has 0 bridgehead atoms. The molecule has 1 aromatic rings. The van der Waals surface area contributed by atoms with Gasteiger partial charge in [0.15, 0.2) is 0 Å². The molecule has 0 aromatic carbocycles. The van der Waals surface area contributed by atoms with Crippen molar-refractivity contribution in [2.75, 3.05) is 51.2 Å². The van der Waals surface area contributed by atoms with Crippen LogP contribution in [0.5, 0.6) is 0 Å². The molecule has 0 atom stereocenters. The summed E-state index contributed by atoms with van der Waals surface area (Å²) in [5.41, 5.74) is 0. The van der Waals surface area contributed by atoms with Gasteiger partial charge in [0.1, 0.15) is 5.82 Å². The number of nitrogens with one attached hydrogen (secondary N) is 1.